The van der Waals surface area contributed by atoms with Gasteiger partial charge in [0.05, 0.1) is 5.92 Å². The van der Waals surface area contributed by atoms with Gasteiger partial charge in [0.25, 0.3) is 5.91 Å². The molecule has 0 bridgehead atoms. The highest BCUT2D eigenvalue weighted by Crippen LogP contribution is 2.36. The highest BCUT2D eigenvalue weighted by atomic mass is 16.5. The second-order valence-electron chi connectivity index (χ2n) is 9.08. The minimum Gasteiger partial charge on any atom is -0.481 e. The number of hydrogen-bond donors (Lipinski definition) is 2. The zero-order valence-electron chi connectivity index (χ0n) is 18.6. The van der Waals surface area contributed by atoms with Crippen LogP contribution in [-0.2, 0) is 24.2 Å². The van der Waals surface area contributed by atoms with E-state index in [0.29, 0.717) is 37.5 Å². The predicted octanol–water partition coefficient (Wildman–Crippen LogP) is 3.49. The van der Waals surface area contributed by atoms with Crippen molar-refractivity contribution in [2.45, 2.75) is 32.2 Å². The van der Waals surface area contributed by atoms with Gasteiger partial charge in [-0.2, -0.15) is 0 Å². The standard InChI is InChI=1S/C26H27N3O4/c1-16(18-5-3-2-4-6-18)12-27-25(30)23-22-10-8-19-11-17(7-9-21(19)24(22)33-28-23)13-29-14-20(15-29)26(31)32/h2-7,9,11,16,20H,8,10,12-15H2,1H3,(H,27,30)(H,31,32). The average molecular weight is 446 g/mol. The van der Waals surface area contributed by atoms with E-state index in [9.17, 15) is 9.59 Å². The van der Waals surface area contributed by atoms with Crippen molar-refractivity contribution < 1.29 is 19.2 Å². The first-order chi connectivity index (χ1) is 16.0. The molecule has 1 unspecified atom stereocenters. The van der Waals surface area contributed by atoms with Gasteiger partial charge in [0, 0.05) is 37.3 Å². The van der Waals surface area contributed by atoms with Crippen LogP contribution in [0.25, 0.3) is 11.3 Å². The van der Waals surface area contributed by atoms with E-state index in [4.69, 9.17) is 9.63 Å². The molecule has 5 rings (SSSR count). The average Bonchev–Trinajstić information content (AvgIpc) is 3.24. The van der Waals surface area contributed by atoms with E-state index in [2.05, 4.69) is 40.5 Å². The zero-order chi connectivity index (χ0) is 22.9. The van der Waals surface area contributed by atoms with Crippen molar-refractivity contribution >= 4 is 11.9 Å². The minimum absolute atomic E-state index is 0.200. The van der Waals surface area contributed by atoms with Crippen LogP contribution in [-0.4, -0.2) is 46.7 Å². The summed E-state index contributed by atoms with van der Waals surface area (Å²) in [5, 5.41) is 16.2. The van der Waals surface area contributed by atoms with E-state index >= 15 is 0 Å². The number of nitrogens with one attached hydrogen (secondary N) is 1. The third kappa shape index (κ3) is 4.28. The van der Waals surface area contributed by atoms with Crippen LogP contribution in [0.3, 0.4) is 0 Å². The summed E-state index contributed by atoms with van der Waals surface area (Å²) in [7, 11) is 0. The predicted molar refractivity (Wildman–Crippen MR) is 123 cm³/mol. The summed E-state index contributed by atoms with van der Waals surface area (Å²) in [5.74, 6) is -0.287. The molecule has 2 aliphatic rings. The molecule has 7 heteroatoms. The highest BCUT2D eigenvalue weighted by molar-refractivity contribution is 5.95. The summed E-state index contributed by atoms with van der Waals surface area (Å²) < 4.78 is 5.63. The van der Waals surface area contributed by atoms with Gasteiger partial charge in [-0.25, -0.2) is 0 Å². The minimum atomic E-state index is -0.719. The first-order valence-corrected chi connectivity index (χ1v) is 11.4. The lowest BCUT2D eigenvalue weighted by Crippen LogP contribution is -2.49. The van der Waals surface area contributed by atoms with Crippen LogP contribution < -0.4 is 5.32 Å². The van der Waals surface area contributed by atoms with E-state index in [0.717, 1.165) is 29.7 Å². The van der Waals surface area contributed by atoms with Crippen LogP contribution in [0.2, 0.25) is 0 Å². The Morgan fingerprint density at radius 1 is 1.18 bits per heavy atom. The van der Waals surface area contributed by atoms with Gasteiger partial charge in [0.15, 0.2) is 11.5 Å². The van der Waals surface area contributed by atoms with Crippen LogP contribution in [0.15, 0.2) is 53.1 Å². The van der Waals surface area contributed by atoms with E-state index in [1.165, 1.54) is 11.1 Å². The van der Waals surface area contributed by atoms with Gasteiger partial charge in [-0.3, -0.25) is 14.5 Å². The van der Waals surface area contributed by atoms with Gasteiger partial charge < -0.3 is 14.9 Å². The van der Waals surface area contributed by atoms with Gasteiger partial charge in [0.1, 0.15) is 0 Å². The topological polar surface area (TPSA) is 95.7 Å². The van der Waals surface area contributed by atoms with Crippen molar-refractivity contribution in [2.24, 2.45) is 5.92 Å². The molecule has 2 N–H and O–H groups in total. The lowest BCUT2D eigenvalue weighted by atomic mass is 9.88. The second-order valence-corrected chi connectivity index (χ2v) is 9.08. The van der Waals surface area contributed by atoms with Crippen molar-refractivity contribution in [3.8, 4) is 11.3 Å². The molecular formula is C26H27N3O4. The summed E-state index contributed by atoms with van der Waals surface area (Å²) in [6.45, 7) is 4.56. The highest BCUT2D eigenvalue weighted by Gasteiger charge is 2.33. The summed E-state index contributed by atoms with van der Waals surface area (Å²) >= 11 is 0. The molecule has 1 amide bonds. The van der Waals surface area contributed by atoms with Crippen LogP contribution in [0.5, 0.6) is 0 Å². The fraction of sp³-hybridized carbons (Fsp3) is 0.346. The summed E-state index contributed by atoms with van der Waals surface area (Å²) in [6.07, 6.45) is 1.52. The number of rotatable bonds is 7. The lowest BCUT2D eigenvalue weighted by molar-refractivity contribution is -0.147. The Kier molecular flexibility index (Phi) is 5.72. The number of fused-ring (bicyclic) bond motifs is 3. The maximum absolute atomic E-state index is 12.8. The molecular weight excluding hydrogens is 418 g/mol. The number of carboxylic acids is 1. The molecule has 2 aromatic carbocycles. The Morgan fingerprint density at radius 3 is 2.73 bits per heavy atom. The van der Waals surface area contributed by atoms with E-state index in [-0.39, 0.29) is 17.7 Å². The zero-order valence-corrected chi connectivity index (χ0v) is 18.6. The number of aliphatic carboxylic acids is 1. The number of amides is 1. The Bertz CT molecular complexity index is 1180. The molecule has 0 saturated carbocycles. The number of nitrogens with zero attached hydrogens (tertiary/aromatic N) is 2. The molecule has 7 nitrogen and oxygen atoms in total. The maximum atomic E-state index is 12.8. The maximum Gasteiger partial charge on any atom is 0.309 e. The largest absolute Gasteiger partial charge is 0.481 e. The number of benzene rings is 2. The number of carboxylic acid groups (broad SMARTS) is 1. The van der Waals surface area contributed by atoms with Crippen molar-refractivity contribution in [1.29, 1.82) is 0 Å². The molecule has 33 heavy (non-hydrogen) atoms. The molecule has 1 saturated heterocycles. The number of carbonyl (C=O) groups excluding carboxylic acids is 1. The van der Waals surface area contributed by atoms with Crippen LogP contribution in [0, 0.1) is 5.92 Å². The van der Waals surface area contributed by atoms with Gasteiger partial charge in [0.2, 0.25) is 0 Å². The summed E-state index contributed by atoms with van der Waals surface area (Å²) in [4.78, 5) is 26.0. The number of aromatic nitrogens is 1. The van der Waals surface area contributed by atoms with Crippen LogP contribution in [0.4, 0.5) is 0 Å². The normalized spacial score (nSPS) is 16.4. The van der Waals surface area contributed by atoms with Crippen molar-refractivity contribution in [3.63, 3.8) is 0 Å². The Labute approximate surface area is 192 Å². The fourth-order valence-corrected chi connectivity index (χ4v) is 4.71. The Morgan fingerprint density at radius 2 is 1.97 bits per heavy atom. The third-order valence-electron chi connectivity index (χ3n) is 6.71. The first-order valence-electron chi connectivity index (χ1n) is 11.4. The molecule has 0 radical (unpaired) electrons. The molecule has 1 fully saturated rings. The van der Waals surface area contributed by atoms with E-state index < -0.39 is 5.97 Å². The molecule has 170 valence electrons. The van der Waals surface area contributed by atoms with Crippen molar-refractivity contribution in [3.05, 3.63) is 76.5 Å². The number of hydrogen-bond acceptors (Lipinski definition) is 5. The molecule has 1 aliphatic heterocycles. The van der Waals surface area contributed by atoms with E-state index in [1.54, 1.807) is 0 Å². The molecule has 3 aromatic rings. The number of likely N-dealkylation sites (tertiary alicyclic amines) is 1. The molecule has 2 heterocycles. The van der Waals surface area contributed by atoms with Crippen molar-refractivity contribution in [2.75, 3.05) is 19.6 Å². The number of carbonyl (C=O) groups is 2. The summed E-state index contributed by atoms with van der Waals surface area (Å²) in [5.41, 5.74) is 5.75. The third-order valence-corrected chi connectivity index (χ3v) is 6.71. The molecule has 1 aliphatic carbocycles. The fourth-order valence-electron chi connectivity index (χ4n) is 4.71. The SMILES string of the molecule is CC(CNC(=O)c1noc2c1CCc1cc(CN3CC(C(=O)O)C3)ccc1-2)c1ccccc1. The quantitative estimate of drug-likeness (QED) is 0.578. The van der Waals surface area contributed by atoms with Crippen LogP contribution >= 0.6 is 0 Å². The lowest BCUT2D eigenvalue weighted by Gasteiger charge is -2.36. The van der Waals surface area contributed by atoms with Gasteiger partial charge >= 0.3 is 5.97 Å². The van der Waals surface area contributed by atoms with Gasteiger partial charge in [-0.1, -0.05) is 60.6 Å². The molecule has 0 spiro atoms. The second kappa shape index (κ2) is 8.83. The number of aryl methyl sites for hydroxylation is 1. The van der Waals surface area contributed by atoms with Gasteiger partial charge in [-0.05, 0) is 35.4 Å². The Balaban J connectivity index is 1.25. The smallest absolute Gasteiger partial charge is 0.309 e. The van der Waals surface area contributed by atoms with Crippen LogP contribution in [0.1, 0.15) is 45.6 Å². The van der Waals surface area contributed by atoms with Crippen molar-refractivity contribution in [1.82, 2.24) is 15.4 Å². The molecule has 1 aromatic heterocycles. The van der Waals surface area contributed by atoms with Gasteiger partial charge in [-0.15, -0.1) is 0 Å². The molecule has 1 atom stereocenters. The summed E-state index contributed by atoms with van der Waals surface area (Å²) in [6, 6.07) is 16.3. The monoisotopic (exact) mass is 445 g/mol. The first kappa shape index (κ1) is 21.4. The van der Waals surface area contributed by atoms with E-state index in [1.807, 2.05) is 30.3 Å². The Hall–Kier alpha value is -3.45.